The number of rotatable bonds is 3. The molecule has 0 aliphatic heterocycles. The van der Waals surface area contributed by atoms with Crippen LogP contribution in [0, 0.1) is 6.92 Å². The fourth-order valence-electron chi connectivity index (χ4n) is 1.51. The Morgan fingerprint density at radius 3 is 2.73 bits per heavy atom. The summed E-state index contributed by atoms with van der Waals surface area (Å²) in [6.07, 6.45) is 0.265. The summed E-state index contributed by atoms with van der Waals surface area (Å²) >= 11 is 0. The molecular weight excluding hydrogens is 192 g/mol. The van der Waals surface area contributed by atoms with Gasteiger partial charge in [0.15, 0.2) is 5.60 Å². The van der Waals surface area contributed by atoms with Gasteiger partial charge in [0.05, 0.1) is 7.11 Å². The molecule has 0 radical (unpaired) electrons. The first-order chi connectivity index (χ1) is 6.95. The van der Waals surface area contributed by atoms with E-state index in [0.29, 0.717) is 0 Å². The van der Waals surface area contributed by atoms with Crippen molar-refractivity contribution in [3.63, 3.8) is 0 Å². The highest BCUT2D eigenvalue weighted by molar-refractivity contribution is 5.79. The van der Waals surface area contributed by atoms with E-state index in [1.807, 2.05) is 31.2 Å². The highest BCUT2D eigenvalue weighted by Crippen LogP contribution is 2.15. The maximum atomic E-state index is 11.3. The van der Waals surface area contributed by atoms with Crippen molar-refractivity contribution in [3.05, 3.63) is 35.4 Å². The number of carbonyl (C=O) groups excluding carboxylic acids is 1. The van der Waals surface area contributed by atoms with Gasteiger partial charge in [-0.05, 0) is 19.4 Å². The summed E-state index contributed by atoms with van der Waals surface area (Å²) in [6.45, 7) is 3.43. The third-order valence-corrected chi connectivity index (χ3v) is 2.26. The van der Waals surface area contributed by atoms with Crippen LogP contribution in [-0.2, 0) is 16.0 Å². The minimum absolute atomic E-state index is 0.265. The van der Waals surface area contributed by atoms with E-state index in [-0.39, 0.29) is 6.42 Å². The third-order valence-electron chi connectivity index (χ3n) is 2.26. The third kappa shape index (κ3) is 3.06. The van der Waals surface area contributed by atoms with Crippen molar-refractivity contribution in [2.45, 2.75) is 25.9 Å². The van der Waals surface area contributed by atoms with Crippen LogP contribution in [0.1, 0.15) is 18.1 Å². The fourth-order valence-corrected chi connectivity index (χ4v) is 1.51. The summed E-state index contributed by atoms with van der Waals surface area (Å²) in [6, 6.07) is 7.69. The number of aryl methyl sites for hydroxylation is 1. The molecule has 1 N–H and O–H groups in total. The van der Waals surface area contributed by atoms with Crippen molar-refractivity contribution in [2.24, 2.45) is 0 Å². The molecule has 0 aliphatic rings. The van der Waals surface area contributed by atoms with Gasteiger partial charge in [-0.2, -0.15) is 0 Å². The highest BCUT2D eigenvalue weighted by atomic mass is 16.5. The molecule has 1 unspecified atom stereocenters. The number of hydrogen-bond donors (Lipinski definition) is 1. The Balaban J connectivity index is 2.81. The SMILES string of the molecule is COC(=O)C(C)(O)Cc1cccc(C)c1. The summed E-state index contributed by atoms with van der Waals surface area (Å²) in [5, 5.41) is 9.85. The molecule has 3 nitrogen and oxygen atoms in total. The van der Waals surface area contributed by atoms with E-state index in [4.69, 9.17) is 0 Å². The largest absolute Gasteiger partial charge is 0.467 e. The minimum atomic E-state index is -1.46. The molecule has 0 saturated carbocycles. The Morgan fingerprint density at radius 2 is 2.20 bits per heavy atom. The van der Waals surface area contributed by atoms with Crippen LogP contribution in [0.2, 0.25) is 0 Å². The molecule has 0 saturated heterocycles. The topological polar surface area (TPSA) is 46.5 Å². The number of benzene rings is 1. The van der Waals surface area contributed by atoms with Gasteiger partial charge < -0.3 is 9.84 Å². The molecule has 1 aromatic carbocycles. The first kappa shape index (κ1) is 11.7. The monoisotopic (exact) mass is 208 g/mol. The van der Waals surface area contributed by atoms with Crippen LogP contribution in [0.25, 0.3) is 0 Å². The zero-order valence-electron chi connectivity index (χ0n) is 9.28. The second-order valence-corrected chi connectivity index (χ2v) is 3.93. The molecular formula is C12H16O3. The first-order valence-corrected chi connectivity index (χ1v) is 4.82. The van der Waals surface area contributed by atoms with Crippen LogP contribution in [-0.4, -0.2) is 23.8 Å². The first-order valence-electron chi connectivity index (χ1n) is 4.82. The van der Waals surface area contributed by atoms with E-state index >= 15 is 0 Å². The summed E-state index contributed by atoms with van der Waals surface area (Å²) < 4.78 is 4.53. The van der Waals surface area contributed by atoms with Crippen LogP contribution in [0.4, 0.5) is 0 Å². The number of methoxy groups -OCH3 is 1. The standard InChI is InChI=1S/C12H16O3/c1-9-5-4-6-10(7-9)8-12(2,14)11(13)15-3/h4-7,14H,8H2,1-3H3. The molecule has 0 amide bonds. The number of hydrogen-bond acceptors (Lipinski definition) is 3. The quantitative estimate of drug-likeness (QED) is 0.765. The average Bonchev–Trinajstić information content (AvgIpc) is 2.15. The Hall–Kier alpha value is -1.35. The number of carbonyl (C=O) groups is 1. The average molecular weight is 208 g/mol. The second-order valence-electron chi connectivity index (χ2n) is 3.93. The minimum Gasteiger partial charge on any atom is -0.467 e. The van der Waals surface area contributed by atoms with Crippen molar-refractivity contribution < 1.29 is 14.6 Å². The van der Waals surface area contributed by atoms with E-state index in [0.717, 1.165) is 11.1 Å². The maximum Gasteiger partial charge on any atom is 0.337 e. The fraction of sp³-hybridized carbons (Fsp3) is 0.417. The smallest absolute Gasteiger partial charge is 0.337 e. The number of ether oxygens (including phenoxy) is 1. The molecule has 0 heterocycles. The molecule has 0 aromatic heterocycles. The van der Waals surface area contributed by atoms with Crippen molar-refractivity contribution in [2.75, 3.05) is 7.11 Å². The van der Waals surface area contributed by atoms with Gasteiger partial charge in [-0.15, -0.1) is 0 Å². The van der Waals surface area contributed by atoms with Gasteiger partial charge in [0.1, 0.15) is 0 Å². The molecule has 82 valence electrons. The van der Waals surface area contributed by atoms with Gasteiger partial charge in [0.25, 0.3) is 0 Å². The van der Waals surface area contributed by atoms with Gasteiger partial charge in [0, 0.05) is 6.42 Å². The van der Waals surface area contributed by atoms with E-state index < -0.39 is 11.6 Å². The van der Waals surface area contributed by atoms with Crippen molar-refractivity contribution in [1.82, 2.24) is 0 Å². The lowest BCUT2D eigenvalue weighted by Gasteiger charge is -2.20. The van der Waals surface area contributed by atoms with Crippen molar-refractivity contribution in [3.8, 4) is 0 Å². The molecule has 0 bridgehead atoms. The molecule has 1 aromatic rings. The maximum absolute atomic E-state index is 11.3. The van der Waals surface area contributed by atoms with Crippen LogP contribution >= 0.6 is 0 Å². The Kier molecular flexibility index (Phi) is 3.48. The summed E-state index contributed by atoms with van der Waals surface area (Å²) in [5.74, 6) is -0.607. The predicted octanol–water partition coefficient (Wildman–Crippen LogP) is 1.46. The van der Waals surface area contributed by atoms with E-state index in [9.17, 15) is 9.90 Å². The number of esters is 1. The Labute approximate surface area is 89.7 Å². The molecule has 15 heavy (non-hydrogen) atoms. The van der Waals surface area contributed by atoms with E-state index in [1.54, 1.807) is 0 Å². The molecule has 0 fully saturated rings. The van der Waals surface area contributed by atoms with Crippen LogP contribution in [0.5, 0.6) is 0 Å². The van der Waals surface area contributed by atoms with E-state index in [2.05, 4.69) is 4.74 Å². The lowest BCUT2D eigenvalue weighted by molar-refractivity contribution is -0.160. The predicted molar refractivity (Wildman–Crippen MR) is 57.5 cm³/mol. The zero-order valence-corrected chi connectivity index (χ0v) is 9.28. The molecule has 0 aliphatic carbocycles. The molecule has 1 rings (SSSR count). The van der Waals surface area contributed by atoms with Crippen LogP contribution < -0.4 is 0 Å². The van der Waals surface area contributed by atoms with Crippen LogP contribution in [0.3, 0.4) is 0 Å². The summed E-state index contributed by atoms with van der Waals surface area (Å²) in [5.41, 5.74) is 0.571. The molecule has 0 spiro atoms. The zero-order chi connectivity index (χ0) is 11.5. The van der Waals surface area contributed by atoms with Crippen molar-refractivity contribution >= 4 is 5.97 Å². The van der Waals surface area contributed by atoms with Gasteiger partial charge in [-0.25, -0.2) is 4.79 Å². The lowest BCUT2D eigenvalue weighted by atomic mass is 9.96. The van der Waals surface area contributed by atoms with Crippen molar-refractivity contribution in [1.29, 1.82) is 0 Å². The van der Waals surface area contributed by atoms with Gasteiger partial charge >= 0.3 is 5.97 Å². The van der Waals surface area contributed by atoms with Gasteiger partial charge in [-0.3, -0.25) is 0 Å². The van der Waals surface area contributed by atoms with Gasteiger partial charge in [0.2, 0.25) is 0 Å². The molecule has 3 heteroatoms. The molecule has 1 atom stereocenters. The van der Waals surface area contributed by atoms with E-state index in [1.165, 1.54) is 14.0 Å². The van der Waals surface area contributed by atoms with Crippen LogP contribution in [0.15, 0.2) is 24.3 Å². The normalized spacial score (nSPS) is 14.4. The number of aliphatic hydroxyl groups is 1. The lowest BCUT2D eigenvalue weighted by Crippen LogP contribution is -2.38. The summed E-state index contributed by atoms with van der Waals surface area (Å²) in [7, 11) is 1.27. The Morgan fingerprint density at radius 1 is 1.53 bits per heavy atom. The second kappa shape index (κ2) is 4.45. The Bertz CT molecular complexity index is 356. The summed E-state index contributed by atoms with van der Waals surface area (Å²) in [4.78, 5) is 11.3. The highest BCUT2D eigenvalue weighted by Gasteiger charge is 2.31. The van der Waals surface area contributed by atoms with Gasteiger partial charge in [-0.1, -0.05) is 29.8 Å².